The molecule has 2 aromatic heterocycles. The number of hydrogen-bond acceptors (Lipinski definition) is 10. The van der Waals surface area contributed by atoms with E-state index in [0.29, 0.717) is 0 Å². The Morgan fingerprint density at radius 1 is 1.48 bits per heavy atom. The summed E-state index contributed by atoms with van der Waals surface area (Å²) in [6.07, 6.45) is 1.24. The van der Waals surface area contributed by atoms with Crippen molar-refractivity contribution in [3.05, 3.63) is 41.5 Å². The van der Waals surface area contributed by atoms with Gasteiger partial charge in [0.15, 0.2) is 0 Å². The minimum atomic E-state index is -3.40. The van der Waals surface area contributed by atoms with Crippen LogP contribution in [-0.4, -0.2) is 62.6 Å². The van der Waals surface area contributed by atoms with Crippen molar-refractivity contribution in [2.75, 3.05) is 12.3 Å². The summed E-state index contributed by atoms with van der Waals surface area (Å²) >= 11 is 0. The van der Waals surface area contributed by atoms with E-state index in [-0.39, 0.29) is 12.4 Å². The second kappa shape index (κ2) is 6.70. The van der Waals surface area contributed by atoms with E-state index < -0.39 is 44.1 Å². The molecule has 0 bridgehead atoms. The van der Waals surface area contributed by atoms with E-state index in [4.69, 9.17) is 24.3 Å². The Hall–Kier alpha value is -2.31. The molecule has 1 unspecified atom stereocenters. The Balaban J connectivity index is 1.68. The Kier molecular flexibility index (Phi) is 4.48. The van der Waals surface area contributed by atoms with E-state index in [1.54, 1.807) is 0 Å². The molecule has 2 aromatic rings. The maximum atomic E-state index is 12.4. The third-order valence-corrected chi connectivity index (χ3v) is 5.65. The summed E-state index contributed by atoms with van der Waals surface area (Å²) in [5.74, 6) is 0.0496. The van der Waals surface area contributed by atoms with Gasteiger partial charge in [-0.25, -0.2) is 0 Å². The van der Waals surface area contributed by atoms with Crippen molar-refractivity contribution >= 4 is 27.3 Å². The van der Waals surface area contributed by atoms with Gasteiger partial charge < -0.3 is 0 Å². The molecule has 0 amide bonds. The van der Waals surface area contributed by atoms with Crippen molar-refractivity contribution in [2.45, 2.75) is 24.5 Å². The van der Waals surface area contributed by atoms with Crippen LogP contribution in [-0.2, 0) is 18.5 Å². The predicted molar refractivity (Wildman–Crippen MR) is 94.6 cm³/mol. The summed E-state index contributed by atoms with van der Waals surface area (Å²) in [7, 11) is -1.96. The second-order valence-corrected chi connectivity index (χ2v) is 8.54. The normalized spacial score (nSPS) is 30.4. The fourth-order valence-electron chi connectivity index (χ4n) is 3.02. The van der Waals surface area contributed by atoms with Crippen LogP contribution in [0.1, 0.15) is 6.23 Å². The fraction of sp³-hybridized carbons (Fsp3) is 0.385. The maximum absolute atomic E-state index is 12.4. The van der Waals surface area contributed by atoms with Crippen molar-refractivity contribution in [1.82, 2.24) is 19.1 Å². The first kappa shape index (κ1) is 18.1. The molecular weight excluding hydrogens is 380 g/mol. The van der Waals surface area contributed by atoms with Gasteiger partial charge in [-0.05, 0) is 0 Å². The number of anilines is 1. The third-order valence-electron chi connectivity index (χ3n) is 4.23. The first-order valence-electron chi connectivity index (χ1n) is 8.07. The van der Waals surface area contributed by atoms with Gasteiger partial charge in [0.05, 0.1) is 0 Å². The van der Waals surface area contributed by atoms with E-state index in [1.165, 1.54) is 38.6 Å². The predicted octanol–water partition coefficient (Wildman–Crippen LogP) is -1.58. The number of ether oxygens (including phenoxy) is 2. The van der Waals surface area contributed by atoms with Gasteiger partial charge >= 0.3 is 153 Å². The van der Waals surface area contributed by atoms with Crippen LogP contribution < -0.4 is 11.4 Å². The summed E-state index contributed by atoms with van der Waals surface area (Å²) in [5, 5.41) is 0. The van der Waals surface area contributed by atoms with Crippen LogP contribution in [0.4, 0.5) is 10.6 Å². The topological polar surface area (TPSA) is 153 Å². The number of aromatic nitrogens is 4. The van der Waals surface area contributed by atoms with Crippen molar-refractivity contribution in [3.63, 3.8) is 0 Å². The second-order valence-electron chi connectivity index (χ2n) is 6.22. The molecule has 2 fully saturated rings. The summed E-state index contributed by atoms with van der Waals surface area (Å²) in [6.45, 7) is 0.0384. The number of fused-ring (bicyclic) bond motifs is 1. The van der Waals surface area contributed by atoms with Gasteiger partial charge in [-0.2, -0.15) is 0 Å². The summed E-state index contributed by atoms with van der Waals surface area (Å²) in [6, 6.07) is 1.42. The van der Waals surface area contributed by atoms with E-state index >= 15 is 0 Å². The van der Waals surface area contributed by atoms with Gasteiger partial charge in [-0.3, -0.25) is 0 Å². The third kappa shape index (κ3) is 3.47. The van der Waals surface area contributed by atoms with Crippen LogP contribution in [0.5, 0.6) is 0 Å². The molecule has 3 N–H and O–H groups in total. The van der Waals surface area contributed by atoms with Crippen LogP contribution in [0, 0.1) is 0 Å². The number of nitrogens with two attached hydrogens (primary N) is 1. The average Bonchev–Trinajstić information content (AvgIpc) is 3.23. The molecule has 12 nitrogen and oxygen atoms in total. The van der Waals surface area contributed by atoms with Crippen LogP contribution >= 0.6 is 7.82 Å². The zero-order valence-corrected chi connectivity index (χ0v) is 15.2. The molecule has 0 saturated carbocycles. The van der Waals surface area contributed by atoms with Gasteiger partial charge in [-0.15, -0.1) is 0 Å². The molecule has 0 aromatic carbocycles. The van der Waals surface area contributed by atoms with Gasteiger partial charge in [0.2, 0.25) is 0 Å². The Labute approximate surface area is 153 Å². The van der Waals surface area contributed by atoms with Crippen LogP contribution in [0.25, 0.3) is 0 Å². The van der Waals surface area contributed by atoms with Crippen molar-refractivity contribution in [2.24, 2.45) is 0 Å². The molecule has 14 heteroatoms. The molecule has 2 saturated heterocycles. The first-order valence-corrected chi connectivity index (χ1v) is 10.3. The zero-order chi connectivity index (χ0) is 19.2. The monoisotopic (exact) mass is 397 g/mol. The summed E-state index contributed by atoms with van der Waals surface area (Å²) < 4.78 is 24.6. The molecular formula is C13H17BN5O7P. The van der Waals surface area contributed by atoms with Gasteiger partial charge in [0.1, 0.15) is 0 Å². The standard InChI is InChI=1S/C13H17BN5O7P/c14-27(22)23-5-7-9(26-27)10(25-13(21)18-4-2-16-6-18)11(24-7)19-3-1-8(15)17-12(19)20/h1-4,6-7,9-11,22,27H,5,14H2,(H2,15,17,20)/t7-,9-,10?,11-/m1/s1. The number of carbonyl (C=O) groups is 1. The number of rotatable bonds is 2. The van der Waals surface area contributed by atoms with Crippen molar-refractivity contribution in [1.29, 1.82) is 0 Å². The van der Waals surface area contributed by atoms with E-state index in [9.17, 15) is 14.5 Å². The molecule has 2 aliphatic rings. The summed E-state index contributed by atoms with van der Waals surface area (Å²) in [4.78, 5) is 42.3. The Morgan fingerprint density at radius 3 is 3.00 bits per heavy atom. The molecule has 144 valence electrons. The van der Waals surface area contributed by atoms with Crippen LogP contribution in [0.3, 0.4) is 0 Å². The van der Waals surface area contributed by atoms with E-state index in [0.717, 1.165) is 9.13 Å². The molecule has 0 aliphatic carbocycles. The molecule has 4 heterocycles. The molecule has 0 spiro atoms. The Bertz CT molecular complexity index is 907. The molecule has 4 atom stereocenters. The SMILES string of the molecule is B[PH]1(O)OC[C@H]2O[C@@H](n3ccc(N)nc3=O)C(OC(=O)n3ccnc3)[C@@H]2O1. The fourth-order valence-corrected chi connectivity index (χ4v) is 4.35. The van der Waals surface area contributed by atoms with Crippen LogP contribution in [0.15, 0.2) is 35.8 Å². The van der Waals surface area contributed by atoms with E-state index in [1.807, 2.05) is 0 Å². The van der Waals surface area contributed by atoms with Gasteiger partial charge in [-0.1, -0.05) is 0 Å². The van der Waals surface area contributed by atoms with Crippen molar-refractivity contribution in [3.8, 4) is 0 Å². The number of carbonyl (C=O) groups excluding carboxylic acids is 1. The number of nitrogens with zero attached hydrogens (tertiary/aromatic N) is 4. The molecule has 27 heavy (non-hydrogen) atoms. The number of imidazole rings is 1. The van der Waals surface area contributed by atoms with Gasteiger partial charge in [0, 0.05) is 0 Å². The first-order chi connectivity index (χ1) is 12.8. The molecule has 4 rings (SSSR count). The summed E-state index contributed by atoms with van der Waals surface area (Å²) in [5.41, 5.74) is 4.85. The number of hydrogen-bond donors (Lipinski definition) is 2. The van der Waals surface area contributed by atoms with Crippen LogP contribution in [0.2, 0.25) is 0 Å². The quantitative estimate of drug-likeness (QED) is 0.449. The average molecular weight is 397 g/mol. The van der Waals surface area contributed by atoms with E-state index in [2.05, 4.69) is 9.97 Å². The number of nitrogen functional groups attached to an aromatic ring is 1. The van der Waals surface area contributed by atoms with Gasteiger partial charge in [0.25, 0.3) is 0 Å². The van der Waals surface area contributed by atoms with Crippen molar-refractivity contribution < 1.29 is 28.2 Å². The zero-order valence-electron chi connectivity index (χ0n) is 14.2. The minimum absolute atomic E-state index is 0.0384. The molecule has 0 radical (unpaired) electrons. The Morgan fingerprint density at radius 2 is 2.30 bits per heavy atom. The molecule has 2 aliphatic heterocycles.